The fraction of sp³-hybridized carbons (Fsp3) is 0.438. The Morgan fingerprint density at radius 2 is 2.08 bits per heavy atom. The highest BCUT2D eigenvalue weighted by Gasteiger charge is 2.15. The Bertz CT molecular complexity index is 714. The van der Waals surface area contributed by atoms with Crippen LogP contribution >= 0.6 is 27.3 Å². The van der Waals surface area contributed by atoms with Gasteiger partial charge in [0.25, 0.3) is 5.91 Å². The van der Waals surface area contributed by atoms with Crippen LogP contribution in [0.15, 0.2) is 22.0 Å². The maximum atomic E-state index is 12.0. The van der Waals surface area contributed by atoms with Crippen molar-refractivity contribution in [3.8, 4) is 0 Å². The van der Waals surface area contributed by atoms with Crippen molar-refractivity contribution < 1.29 is 4.79 Å². The Morgan fingerprint density at radius 1 is 1.29 bits per heavy atom. The number of carbonyl (C=O) groups excluding carboxylic acids is 1. The molecule has 0 aliphatic carbocycles. The maximum Gasteiger partial charge on any atom is 0.261 e. The van der Waals surface area contributed by atoms with Crippen molar-refractivity contribution in [1.29, 1.82) is 0 Å². The van der Waals surface area contributed by atoms with Crippen LogP contribution < -0.4 is 15.5 Å². The summed E-state index contributed by atoms with van der Waals surface area (Å²) in [5.74, 6) is 2.49. The fourth-order valence-electron chi connectivity index (χ4n) is 2.64. The monoisotopic (exact) mass is 409 g/mol. The van der Waals surface area contributed by atoms with E-state index in [0.29, 0.717) is 18.0 Å². The first-order valence-electron chi connectivity index (χ1n) is 7.98. The molecule has 0 aromatic carbocycles. The summed E-state index contributed by atoms with van der Waals surface area (Å²) in [5.41, 5.74) is 0. The Hall–Kier alpha value is -1.67. The quantitative estimate of drug-likeness (QED) is 0.717. The van der Waals surface area contributed by atoms with E-state index in [4.69, 9.17) is 0 Å². The molecule has 0 bridgehead atoms. The SMILES string of the molecule is Cc1nc(NCCNC(=O)c2cc(Br)cs2)cc(N2CCCC2)n1. The molecule has 8 heteroatoms. The van der Waals surface area contributed by atoms with Crippen LogP contribution in [0.3, 0.4) is 0 Å². The average molecular weight is 410 g/mol. The van der Waals surface area contributed by atoms with Gasteiger partial charge in [-0.2, -0.15) is 0 Å². The summed E-state index contributed by atoms with van der Waals surface area (Å²) in [6, 6.07) is 3.81. The highest BCUT2D eigenvalue weighted by Crippen LogP contribution is 2.21. The number of anilines is 2. The molecule has 2 aromatic rings. The zero-order chi connectivity index (χ0) is 16.9. The summed E-state index contributed by atoms with van der Waals surface area (Å²) < 4.78 is 0.932. The minimum Gasteiger partial charge on any atom is -0.368 e. The van der Waals surface area contributed by atoms with Gasteiger partial charge in [0.2, 0.25) is 0 Å². The van der Waals surface area contributed by atoms with Gasteiger partial charge in [-0.05, 0) is 41.8 Å². The van der Waals surface area contributed by atoms with Crippen LogP contribution in [0.25, 0.3) is 0 Å². The highest BCUT2D eigenvalue weighted by molar-refractivity contribution is 9.10. The van der Waals surface area contributed by atoms with Gasteiger partial charge in [0, 0.05) is 42.1 Å². The summed E-state index contributed by atoms with van der Waals surface area (Å²) in [6.45, 7) is 5.18. The van der Waals surface area contributed by atoms with Gasteiger partial charge in [0.15, 0.2) is 0 Å². The van der Waals surface area contributed by atoms with E-state index >= 15 is 0 Å². The van der Waals surface area contributed by atoms with E-state index in [1.54, 1.807) is 0 Å². The number of hydrogen-bond donors (Lipinski definition) is 2. The second-order valence-corrected chi connectivity index (χ2v) is 7.49. The second kappa shape index (κ2) is 7.94. The molecule has 0 atom stereocenters. The van der Waals surface area contributed by atoms with Crippen molar-refractivity contribution in [3.63, 3.8) is 0 Å². The Balaban J connectivity index is 1.50. The van der Waals surface area contributed by atoms with Gasteiger partial charge in [-0.3, -0.25) is 4.79 Å². The van der Waals surface area contributed by atoms with E-state index < -0.39 is 0 Å². The van der Waals surface area contributed by atoms with Gasteiger partial charge < -0.3 is 15.5 Å². The number of rotatable bonds is 6. The first-order valence-corrected chi connectivity index (χ1v) is 9.66. The number of amides is 1. The first-order chi connectivity index (χ1) is 11.6. The van der Waals surface area contributed by atoms with Crippen molar-refractivity contribution in [2.45, 2.75) is 19.8 Å². The molecule has 1 saturated heterocycles. The van der Waals surface area contributed by atoms with Gasteiger partial charge >= 0.3 is 0 Å². The first kappa shape index (κ1) is 17.2. The fourth-order valence-corrected chi connectivity index (χ4v) is 3.98. The molecule has 1 amide bonds. The summed E-state index contributed by atoms with van der Waals surface area (Å²) in [6.07, 6.45) is 2.44. The van der Waals surface area contributed by atoms with Crippen LogP contribution in [0.4, 0.5) is 11.6 Å². The predicted octanol–water partition coefficient (Wildman–Crippen LogP) is 3.05. The van der Waals surface area contributed by atoms with E-state index in [-0.39, 0.29) is 5.91 Å². The van der Waals surface area contributed by atoms with Crippen LogP contribution in [-0.4, -0.2) is 42.1 Å². The number of carbonyl (C=O) groups is 1. The van der Waals surface area contributed by atoms with Crippen LogP contribution in [0, 0.1) is 6.92 Å². The smallest absolute Gasteiger partial charge is 0.261 e. The lowest BCUT2D eigenvalue weighted by Crippen LogP contribution is -2.28. The van der Waals surface area contributed by atoms with Crippen LogP contribution in [0.2, 0.25) is 0 Å². The number of aromatic nitrogens is 2. The van der Waals surface area contributed by atoms with Crippen molar-refractivity contribution in [2.24, 2.45) is 0 Å². The normalized spacial score (nSPS) is 14.0. The summed E-state index contributed by atoms with van der Waals surface area (Å²) in [5, 5.41) is 8.06. The number of thiophene rings is 1. The number of hydrogen-bond acceptors (Lipinski definition) is 6. The summed E-state index contributed by atoms with van der Waals surface area (Å²) >= 11 is 4.78. The molecule has 1 fully saturated rings. The van der Waals surface area contributed by atoms with E-state index in [9.17, 15) is 4.79 Å². The standard InChI is InChI=1S/C16H20BrN5OS/c1-11-20-14(9-15(21-11)22-6-2-3-7-22)18-4-5-19-16(23)13-8-12(17)10-24-13/h8-10H,2-7H2,1H3,(H,19,23)(H,18,20,21). The number of nitrogens with zero attached hydrogens (tertiary/aromatic N) is 3. The molecule has 24 heavy (non-hydrogen) atoms. The summed E-state index contributed by atoms with van der Waals surface area (Å²) in [7, 11) is 0. The largest absolute Gasteiger partial charge is 0.368 e. The molecule has 6 nitrogen and oxygen atoms in total. The minimum absolute atomic E-state index is 0.0517. The molecule has 1 aliphatic heterocycles. The van der Waals surface area contributed by atoms with E-state index in [1.165, 1.54) is 24.2 Å². The zero-order valence-corrected chi connectivity index (χ0v) is 15.9. The van der Waals surface area contributed by atoms with E-state index in [1.807, 2.05) is 24.4 Å². The third kappa shape index (κ3) is 4.45. The topological polar surface area (TPSA) is 70.2 Å². The zero-order valence-electron chi connectivity index (χ0n) is 13.5. The van der Waals surface area contributed by atoms with Gasteiger partial charge in [0.05, 0.1) is 4.88 Å². The molecule has 0 radical (unpaired) electrons. The molecule has 0 unspecified atom stereocenters. The molecular formula is C16H20BrN5OS. The highest BCUT2D eigenvalue weighted by atomic mass is 79.9. The molecule has 3 rings (SSSR count). The second-order valence-electron chi connectivity index (χ2n) is 5.66. The molecule has 128 valence electrons. The van der Waals surface area contributed by atoms with Crippen LogP contribution in [-0.2, 0) is 0 Å². The van der Waals surface area contributed by atoms with Gasteiger partial charge in [0.1, 0.15) is 17.5 Å². The van der Waals surface area contributed by atoms with Crippen LogP contribution in [0.1, 0.15) is 28.3 Å². The predicted molar refractivity (Wildman–Crippen MR) is 101 cm³/mol. The average Bonchev–Trinajstić information content (AvgIpc) is 3.22. The van der Waals surface area contributed by atoms with Gasteiger partial charge in [-0.1, -0.05) is 0 Å². The van der Waals surface area contributed by atoms with E-state index in [0.717, 1.165) is 35.0 Å². The molecule has 2 N–H and O–H groups in total. The molecule has 1 aliphatic rings. The van der Waals surface area contributed by atoms with Crippen molar-refractivity contribution in [1.82, 2.24) is 15.3 Å². The Kier molecular flexibility index (Phi) is 5.68. The number of nitrogens with one attached hydrogen (secondary N) is 2. The van der Waals surface area contributed by atoms with Crippen molar-refractivity contribution >= 4 is 44.8 Å². The lowest BCUT2D eigenvalue weighted by Gasteiger charge is -2.17. The van der Waals surface area contributed by atoms with Crippen LogP contribution in [0.5, 0.6) is 0 Å². The summed E-state index contributed by atoms with van der Waals surface area (Å²) in [4.78, 5) is 23.9. The molecule has 0 saturated carbocycles. The van der Waals surface area contributed by atoms with Gasteiger partial charge in [-0.25, -0.2) is 9.97 Å². The van der Waals surface area contributed by atoms with Crippen molar-refractivity contribution in [2.75, 3.05) is 36.4 Å². The van der Waals surface area contributed by atoms with Crippen molar-refractivity contribution in [3.05, 3.63) is 32.7 Å². The Labute approximate surface area is 153 Å². The lowest BCUT2D eigenvalue weighted by atomic mass is 10.4. The maximum absolute atomic E-state index is 12.0. The Morgan fingerprint density at radius 3 is 2.79 bits per heavy atom. The number of aryl methyl sites for hydroxylation is 1. The third-order valence-corrected chi connectivity index (χ3v) is 5.45. The third-order valence-electron chi connectivity index (χ3n) is 3.76. The van der Waals surface area contributed by atoms with E-state index in [2.05, 4.69) is 41.4 Å². The molecule has 0 spiro atoms. The number of halogens is 1. The minimum atomic E-state index is -0.0517. The lowest BCUT2D eigenvalue weighted by molar-refractivity contribution is 0.0959. The molecular weight excluding hydrogens is 390 g/mol. The molecule has 3 heterocycles. The molecule has 2 aromatic heterocycles. The van der Waals surface area contributed by atoms with Gasteiger partial charge in [-0.15, -0.1) is 11.3 Å².